The molecule has 1 heterocycles. The fourth-order valence-electron chi connectivity index (χ4n) is 2.39. The fourth-order valence-corrected chi connectivity index (χ4v) is 3.46. The molecule has 0 amide bonds. The molecule has 1 aromatic heterocycles. The maximum absolute atomic E-state index is 3.46. The Morgan fingerprint density at radius 3 is 2.57 bits per heavy atom. The normalized spacial score (nSPS) is 11.2. The van der Waals surface area contributed by atoms with Crippen LogP contribution >= 0.6 is 11.3 Å². The van der Waals surface area contributed by atoms with Gasteiger partial charge in [0.1, 0.15) is 0 Å². The molecule has 0 fully saturated rings. The zero-order chi connectivity index (χ0) is 15.1. The van der Waals surface area contributed by atoms with Gasteiger partial charge in [-0.05, 0) is 50.2 Å². The summed E-state index contributed by atoms with van der Waals surface area (Å²) in [5.41, 5.74) is 2.79. The standard InChI is InChI=1S/C18H26N2S/c1-4-11-19-12-17-9-10-18(21-17)14-20(3)13-16-8-6-5-7-15(16)2/h5-10,19H,4,11-14H2,1-3H3. The van der Waals surface area contributed by atoms with Gasteiger partial charge in [0.05, 0.1) is 0 Å². The van der Waals surface area contributed by atoms with Crippen LogP contribution in [0.1, 0.15) is 34.2 Å². The number of nitrogens with one attached hydrogen (secondary N) is 1. The molecular formula is C18H26N2S. The van der Waals surface area contributed by atoms with Crippen LogP contribution in [0.5, 0.6) is 0 Å². The molecule has 0 unspecified atom stereocenters. The van der Waals surface area contributed by atoms with Gasteiger partial charge < -0.3 is 5.32 Å². The van der Waals surface area contributed by atoms with E-state index in [2.05, 4.69) is 67.5 Å². The van der Waals surface area contributed by atoms with E-state index < -0.39 is 0 Å². The second-order valence-corrected chi connectivity index (χ2v) is 6.90. The zero-order valence-electron chi connectivity index (χ0n) is 13.4. The highest BCUT2D eigenvalue weighted by Crippen LogP contribution is 2.19. The van der Waals surface area contributed by atoms with Crippen molar-refractivity contribution < 1.29 is 0 Å². The van der Waals surface area contributed by atoms with E-state index in [1.807, 2.05) is 11.3 Å². The largest absolute Gasteiger partial charge is 0.312 e. The van der Waals surface area contributed by atoms with Gasteiger partial charge in [-0.2, -0.15) is 0 Å². The Hall–Kier alpha value is -1.16. The Morgan fingerprint density at radius 1 is 1.05 bits per heavy atom. The summed E-state index contributed by atoms with van der Waals surface area (Å²) < 4.78 is 0. The molecule has 2 aromatic rings. The monoisotopic (exact) mass is 302 g/mol. The average Bonchev–Trinajstić information content (AvgIpc) is 2.89. The summed E-state index contributed by atoms with van der Waals surface area (Å²) in [5.74, 6) is 0. The van der Waals surface area contributed by atoms with E-state index in [1.54, 1.807) is 0 Å². The van der Waals surface area contributed by atoms with Crippen LogP contribution in [0.4, 0.5) is 0 Å². The van der Waals surface area contributed by atoms with Crippen LogP contribution in [-0.4, -0.2) is 18.5 Å². The number of hydrogen-bond donors (Lipinski definition) is 1. The molecule has 1 N–H and O–H groups in total. The molecule has 0 aliphatic carbocycles. The highest BCUT2D eigenvalue weighted by molar-refractivity contribution is 7.11. The number of benzene rings is 1. The van der Waals surface area contributed by atoms with Crippen LogP contribution in [0, 0.1) is 6.92 Å². The number of rotatable bonds is 8. The van der Waals surface area contributed by atoms with Crippen molar-refractivity contribution in [3.05, 3.63) is 57.3 Å². The third kappa shape index (κ3) is 5.27. The molecule has 114 valence electrons. The van der Waals surface area contributed by atoms with Gasteiger partial charge in [-0.25, -0.2) is 0 Å². The van der Waals surface area contributed by atoms with E-state index in [0.717, 1.165) is 26.2 Å². The van der Waals surface area contributed by atoms with Crippen molar-refractivity contribution >= 4 is 11.3 Å². The molecule has 2 nitrogen and oxygen atoms in total. The number of nitrogens with zero attached hydrogens (tertiary/aromatic N) is 1. The summed E-state index contributed by atoms with van der Waals surface area (Å²) in [6, 6.07) is 13.2. The zero-order valence-corrected chi connectivity index (χ0v) is 14.2. The lowest BCUT2D eigenvalue weighted by Gasteiger charge is -2.17. The molecule has 0 radical (unpaired) electrons. The lowest BCUT2D eigenvalue weighted by Crippen LogP contribution is -2.17. The van der Waals surface area contributed by atoms with Crippen molar-refractivity contribution in [2.75, 3.05) is 13.6 Å². The first kappa shape index (κ1) is 16.2. The van der Waals surface area contributed by atoms with Crippen molar-refractivity contribution in [2.24, 2.45) is 0 Å². The van der Waals surface area contributed by atoms with Crippen molar-refractivity contribution in [3.63, 3.8) is 0 Å². The third-order valence-corrected chi connectivity index (χ3v) is 4.64. The van der Waals surface area contributed by atoms with E-state index in [9.17, 15) is 0 Å². The summed E-state index contributed by atoms with van der Waals surface area (Å²) in [4.78, 5) is 5.26. The van der Waals surface area contributed by atoms with Gasteiger partial charge in [0, 0.05) is 29.4 Å². The van der Waals surface area contributed by atoms with Gasteiger partial charge in [-0.15, -0.1) is 11.3 Å². The molecule has 0 atom stereocenters. The minimum absolute atomic E-state index is 1.00. The molecular weight excluding hydrogens is 276 g/mol. The molecule has 21 heavy (non-hydrogen) atoms. The molecule has 0 spiro atoms. The summed E-state index contributed by atoms with van der Waals surface area (Å²) in [7, 11) is 2.20. The van der Waals surface area contributed by atoms with Crippen LogP contribution in [0.3, 0.4) is 0 Å². The van der Waals surface area contributed by atoms with Gasteiger partial charge in [0.25, 0.3) is 0 Å². The second-order valence-electron chi connectivity index (χ2n) is 5.64. The topological polar surface area (TPSA) is 15.3 Å². The number of hydrogen-bond acceptors (Lipinski definition) is 3. The minimum atomic E-state index is 1.00. The lowest BCUT2D eigenvalue weighted by molar-refractivity contribution is 0.321. The predicted octanol–water partition coefficient (Wildman–Crippen LogP) is 4.19. The summed E-state index contributed by atoms with van der Waals surface area (Å²) >= 11 is 1.92. The van der Waals surface area contributed by atoms with Crippen LogP contribution in [0.15, 0.2) is 36.4 Å². The highest BCUT2D eigenvalue weighted by atomic mass is 32.1. The fraction of sp³-hybridized carbons (Fsp3) is 0.444. The Kier molecular flexibility index (Phi) is 6.43. The Bertz CT molecular complexity index is 548. The molecule has 2 rings (SSSR count). The van der Waals surface area contributed by atoms with Crippen LogP contribution in [0.25, 0.3) is 0 Å². The third-order valence-electron chi connectivity index (χ3n) is 3.57. The number of aryl methyl sites for hydroxylation is 1. The van der Waals surface area contributed by atoms with E-state index >= 15 is 0 Å². The van der Waals surface area contributed by atoms with Crippen LogP contribution in [0.2, 0.25) is 0 Å². The maximum atomic E-state index is 3.46. The molecule has 0 aliphatic rings. The first-order valence-electron chi connectivity index (χ1n) is 7.70. The molecule has 0 saturated carbocycles. The molecule has 0 bridgehead atoms. The molecule has 3 heteroatoms. The second kappa shape index (κ2) is 8.32. The average molecular weight is 302 g/mol. The minimum Gasteiger partial charge on any atom is -0.312 e. The van der Waals surface area contributed by atoms with E-state index in [0.29, 0.717) is 0 Å². The van der Waals surface area contributed by atoms with Crippen LogP contribution < -0.4 is 5.32 Å². The van der Waals surface area contributed by atoms with Crippen molar-refractivity contribution in [3.8, 4) is 0 Å². The van der Waals surface area contributed by atoms with Gasteiger partial charge in [-0.3, -0.25) is 4.90 Å². The quantitative estimate of drug-likeness (QED) is 0.736. The SMILES string of the molecule is CCCNCc1ccc(CN(C)Cc2ccccc2C)s1. The van der Waals surface area contributed by atoms with Gasteiger partial charge >= 0.3 is 0 Å². The maximum Gasteiger partial charge on any atom is 0.0328 e. The van der Waals surface area contributed by atoms with Gasteiger partial charge in [0.15, 0.2) is 0 Å². The smallest absolute Gasteiger partial charge is 0.0328 e. The van der Waals surface area contributed by atoms with Crippen LogP contribution in [-0.2, 0) is 19.6 Å². The molecule has 0 aliphatic heterocycles. The first-order valence-corrected chi connectivity index (χ1v) is 8.52. The predicted molar refractivity (Wildman–Crippen MR) is 92.7 cm³/mol. The molecule has 0 saturated heterocycles. The van der Waals surface area contributed by atoms with E-state index in [-0.39, 0.29) is 0 Å². The van der Waals surface area contributed by atoms with Gasteiger partial charge in [0.2, 0.25) is 0 Å². The highest BCUT2D eigenvalue weighted by Gasteiger charge is 2.06. The number of thiophene rings is 1. The Morgan fingerprint density at radius 2 is 1.81 bits per heavy atom. The van der Waals surface area contributed by atoms with E-state index in [4.69, 9.17) is 0 Å². The van der Waals surface area contributed by atoms with E-state index in [1.165, 1.54) is 27.3 Å². The van der Waals surface area contributed by atoms with Crippen molar-refractivity contribution in [2.45, 2.75) is 39.9 Å². The molecule has 1 aromatic carbocycles. The first-order chi connectivity index (χ1) is 10.2. The summed E-state index contributed by atoms with van der Waals surface area (Å²) in [5, 5.41) is 3.46. The Balaban J connectivity index is 1.85. The summed E-state index contributed by atoms with van der Waals surface area (Å²) in [6.07, 6.45) is 1.19. The lowest BCUT2D eigenvalue weighted by atomic mass is 10.1. The van der Waals surface area contributed by atoms with Gasteiger partial charge in [-0.1, -0.05) is 31.2 Å². The van der Waals surface area contributed by atoms with Crippen molar-refractivity contribution in [1.29, 1.82) is 0 Å². The Labute approximate surface area is 132 Å². The van der Waals surface area contributed by atoms with Crippen molar-refractivity contribution in [1.82, 2.24) is 10.2 Å². The summed E-state index contributed by atoms with van der Waals surface area (Å²) in [6.45, 7) is 8.51.